The summed E-state index contributed by atoms with van der Waals surface area (Å²) < 4.78 is 0. The number of unbranched alkanes of at least 4 members (excludes halogenated alkanes) is 5. The third-order valence-corrected chi connectivity index (χ3v) is 7.04. The van der Waals surface area contributed by atoms with E-state index in [4.69, 9.17) is 0 Å². The van der Waals surface area contributed by atoms with Crippen LogP contribution >= 0.6 is 0 Å². The number of piperidine rings is 1. The highest BCUT2D eigenvalue weighted by Crippen LogP contribution is 2.42. The number of nitriles is 1. The van der Waals surface area contributed by atoms with Crippen LogP contribution < -0.4 is 0 Å². The Bertz CT molecular complexity index is 381. The molecule has 2 nitrogen and oxygen atoms in total. The topological polar surface area (TPSA) is 27.0 Å². The van der Waals surface area contributed by atoms with Crippen LogP contribution in [0.25, 0.3) is 0 Å². The fourth-order valence-corrected chi connectivity index (χ4v) is 5.12. The molecular formula is C23H42N2. The predicted molar refractivity (Wildman–Crippen MR) is 108 cm³/mol. The minimum atomic E-state index is 0.0166. The second-order valence-corrected chi connectivity index (χ2v) is 8.91. The van der Waals surface area contributed by atoms with Crippen LogP contribution in [0.1, 0.15) is 110 Å². The van der Waals surface area contributed by atoms with Crippen LogP contribution in [-0.4, -0.2) is 24.0 Å². The zero-order valence-corrected chi connectivity index (χ0v) is 17.1. The standard InChI is InChI=1S/C23H42N2/c1-3-5-7-9-15-23(20-24)16-11-22(12-17-23)25-18-13-21(14-19-25)10-8-6-4-2/h21-22H,3-19H2,1-2H3. The summed E-state index contributed by atoms with van der Waals surface area (Å²) in [6, 6.07) is 3.51. The normalized spacial score (nSPS) is 28.8. The number of rotatable bonds is 10. The molecule has 144 valence electrons. The first kappa shape index (κ1) is 20.8. The van der Waals surface area contributed by atoms with Gasteiger partial charge in [-0.15, -0.1) is 0 Å². The fraction of sp³-hybridized carbons (Fsp3) is 0.957. The Balaban J connectivity index is 1.68. The van der Waals surface area contributed by atoms with E-state index in [1.54, 1.807) is 0 Å². The summed E-state index contributed by atoms with van der Waals surface area (Å²) in [5.41, 5.74) is 0.0166. The van der Waals surface area contributed by atoms with Crippen molar-refractivity contribution in [3.8, 4) is 6.07 Å². The molecule has 1 saturated carbocycles. The van der Waals surface area contributed by atoms with Crippen molar-refractivity contribution in [2.24, 2.45) is 11.3 Å². The summed E-state index contributed by atoms with van der Waals surface area (Å²) in [5, 5.41) is 9.77. The summed E-state index contributed by atoms with van der Waals surface area (Å²) in [6.07, 6.45) is 19.7. The Hall–Kier alpha value is -0.550. The number of hydrogen-bond acceptors (Lipinski definition) is 2. The Labute approximate surface area is 157 Å². The monoisotopic (exact) mass is 346 g/mol. The minimum Gasteiger partial charge on any atom is -0.300 e. The van der Waals surface area contributed by atoms with Gasteiger partial charge < -0.3 is 4.90 Å². The number of hydrogen-bond donors (Lipinski definition) is 0. The van der Waals surface area contributed by atoms with E-state index in [1.807, 2.05) is 0 Å². The minimum absolute atomic E-state index is 0.0166. The van der Waals surface area contributed by atoms with Crippen LogP contribution in [0.15, 0.2) is 0 Å². The van der Waals surface area contributed by atoms with Gasteiger partial charge in [0.1, 0.15) is 0 Å². The molecule has 0 N–H and O–H groups in total. The van der Waals surface area contributed by atoms with Crippen LogP contribution in [-0.2, 0) is 0 Å². The summed E-state index contributed by atoms with van der Waals surface area (Å²) in [5.74, 6) is 0.989. The van der Waals surface area contributed by atoms with Gasteiger partial charge in [-0.2, -0.15) is 5.26 Å². The van der Waals surface area contributed by atoms with E-state index in [0.29, 0.717) is 0 Å². The molecule has 2 rings (SSSR count). The first-order valence-electron chi connectivity index (χ1n) is 11.4. The Morgan fingerprint density at radius 3 is 2.12 bits per heavy atom. The molecule has 0 atom stereocenters. The van der Waals surface area contributed by atoms with Gasteiger partial charge in [-0.25, -0.2) is 0 Å². The molecule has 0 aromatic rings. The largest absolute Gasteiger partial charge is 0.300 e. The highest BCUT2D eigenvalue weighted by Gasteiger charge is 2.37. The van der Waals surface area contributed by atoms with Gasteiger partial charge in [0.15, 0.2) is 0 Å². The van der Waals surface area contributed by atoms with Crippen molar-refractivity contribution >= 4 is 0 Å². The molecule has 25 heavy (non-hydrogen) atoms. The van der Waals surface area contributed by atoms with Crippen molar-refractivity contribution < 1.29 is 0 Å². The summed E-state index contributed by atoms with van der Waals surface area (Å²) in [6.45, 7) is 7.20. The average molecular weight is 347 g/mol. The van der Waals surface area contributed by atoms with Gasteiger partial charge in [0, 0.05) is 6.04 Å². The van der Waals surface area contributed by atoms with Crippen molar-refractivity contribution in [3.63, 3.8) is 0 Å². The lowest BCUT2D eigenvalue weighted by atomic mass is 9.70. The number of nitrogens with zero attached hydrogens (tertiary/aromatic N) is 2. The molecule has 2 aliphatic rings. The van der Waals surface area contributed by atoms with Gasteiger partial charge in [0.2, 0.25) is 0 Å². The number of likely N-dealkylation sites (tertiary alicyclic amines) is 1. The van der Waals surface area contributed by atoms with Crippen molar-refractivity contribution in [1.29, 1.82) is 5.26 Å². The molecule has 0 amide bonds. The van der Waals surface area contributed by atoms with Gasteiger partial charge in [-0.05, 0) is 64.0 Å². The van der Waals surface area contributed by atoms with E-state index in [0.717, 1.165) is 31.2 Å². The summed E-state index contributed by atoms with van der Waals surface area (Å²) in [4.78, 5) is 2.77. The molecule has 2 fully saturated rings. The zero-order chi connectivity index (χ0) is 18.0. The van der Waals surface area contributed by atoms with Crippen LogP contribution in [0, 0.1) is 22.7 Å². The SMILES string of the molecule is CCCCCCC1(C#N)CCC(N2CCC(CCCCC)CC2)CC1. The molecule has 0 radical (unpaired) electrons. The van der Waals surface area contributed by atoms with Crippen molar-refractivity contribution in [2.45, 2.75) is 116 Å². The Kier molecular flexibility index (Phi) is 9.32. The average Bonchev–Trinajstić information content (AvgIpc) is 2.67. The maximum atomic E-state index is 9.77. The Morgan fingerprint density at radius 1 is 0.880 bits per heavy atom. The summed E-state index contributed by atoms with van der Waals surface area (Å²) in [7, 11) is 0. The highest BCUT2D eigenvalue weighted by molar-refractivity contribution is 5.03. The Morgan fingerprint density at radius 2 is 1.52 bits per heavy atom. The second kappa shape index (κ2) is 11.2. The van der Waals surface area contributed by atoms with Crippen molar-refractivity contribution in [1.82, 2.24) is 4.90 Å². The lowest BCUT2D eigenvalue weighted by Gasteiger charge is -2.43. The lowest BCUT2D eigenvalue weighted by molar-refractivity contribution is 0.0754. The zero-order valence-electron chi connectivity index (χ0n) is 17.1. The van der Waals surface area contributed by atoms with E-state index < -0.39 is 0 Å². The lowest BCUT2D eigenvalue weighted by Crippen LogP contribution is -2.44. The molecule has 0 bridgehead atoms. The fourth-order valence-electron chi connectivity index (χ4n) is 5.12. The highest BCUT2D eigenvalue weighted by atomic mass is 15.2. The van der Waals surface area contributed by atoms with E-state index >= 15 is 0 Å². The van der Waals surface area contributed by atoms with Crippen LogP contribution in [0.5, 0.6) is 0 Å². The third-order valence-electron chi connectivity index (χ3n) is 7.04. The molecule has 1 heterocycles. The molecule has 1 saturated heterocycles. The molecular weight excluding hydrogens is 304 g/mol. The van der Waals surface area contributed by atoms with Crippen molar-refractivity contribution in [2.75, 3.05) is 13.1 Å². The molecule has 0 unspecified atom stereocenters. The quantitative estimate of drug-likeness (QED) is 0.411. The predicted octanol–water partition coefficient (Wildman–Crippen LogP) is 6.70. The smallest absolute Gasteiger partial charge is 0.0689 e. The maximum absolute atomic E-state index is 9.77. The van der Waals surface area contributed by atoms with Crippen LogP contribution in [0.2, 0.25) is 0 Å². The molecule has 1 aliphatic heterocycles. The van der Waals surface area contributed by atoms with Crippen LogP contribution in [0.4, 0.5) is 0 Å². The molecule has 1 aliphatic carbocycles. The van der Waals surface area contributed by atoms with Gasteiger partial charge >= 0.3 is 0 Å². The van der Waals surface area contributed by atoms with Crippen LogP contribution in [0.3, 0.4) is 0 Å². The first-order valence-corrected chi connectivity index (χ1v) is 11.4. The molecule has 2 heteroatoms. The molecule has 0 spiro atoms. The van der Waals surface area contributed by atoms with E-state index in [2.05, 4.69) is 24.8 Å². The second-order valence-electron chi connectivity index (χ2n) is 8.91. The van der Waals surface area contributed by atoms with E-state index in [1.165, 1.54) is 90.1 Å². The van der Waals surface area contributed by atoms with Gasteiger partial charge in [0.05, 0.1) is 11.5 Å². The van der Waals surface area contributed by atoms with Crippen molar-refractivity contribution in [3.05, 3.63) is 0 Å². The maximum Gasteiger partial charge on any atom is 0.0689 e. The molecule has 0 aromatic heterocycles. The summed E-state index contributed by atoms with van der Waals surface area (Å²) >= 11 is 0. The molecule has 0 aromatic carbocycles. The van der Waals surface area contributed by atoms with Gasteiger partial charge in [-0.3, -0.25) is 0 Å². The van der Waals surface area contributed by atoms with E-state index in [9.17, 15) is 5.26 Å². The van der Waals surface area contributed by atoms with Gasteiger partial charge in [-0.1, -0.05) is 65.2 Å². The first-order chi connectivity index (χ1) is 12.2. The van der Waals surface area contributed by atoms with Gasteiger partial charge in [0.25, 0.3) is 0 Å². The van der Waals surface area contributed by atoms with E-state index in [-0.39, 0.29) is 5.41 Å². The third kappa shape index (κ3) is 6.59.